The third-order valence-electron chi connectivity index (χ3n) is 2.78. The van der Waals surface area contributed by atoms with E-state index in [1.54, 1.807) is 18.2 Å². The minimum Gasteiger partial charge on any atom is -0.493 e. The van der Waals surface area contributed by atoms with Crippen molar-refractivity contribution in [2.75, 3.05) is 27.2 Å². The molecule has 0 aliphatic carbocycles. The van der Waals surface area contributed by atoms with Crippen molar-refractivity contribution >= 4 is 22.6 Å². The number of aromatic nitrogens is 1. The van der Waals surface area contributed by atoms with Crippen LogP contribution in [0, 0.1) is 0 Å². The van der Waals surface area contributed by atoms with Gasteiger partial charge in [-0.3, -0.25) is 0 Å². The van der Waals surface area contributed by atoms with E-state index in [1.807, 2.05) is 19.0 Å². The molecule has 2 amide bonds. The number of benzene rings is 1. The van der Waals surface area contributed by atoms with Crippen molar-refractivity contribution in [3.63, 3.8) is 0 Å². The van der Waals surface area contributed by atoms with Crippen LogP contribution in [0.1, 0.15) is 0 Å². The first kappa shape index (κ1) is 14.8. The summed E-state index contributed by atoms with van der Waals surface area (Å²) >= 11 is 0. The van der Waals surface area contributed by atoms with Crippen LogP contribution in [0.4, 0.5) is 10.5 Å². The summed E-state index contributed by atoms with van der Waals surface area (Å²) in [5, 5.41) is 17.3. The SMILES string of the molecule is CN(C)CCOc1ccc2[nH]c(O)c(N=NC(N)=O)c2c1. The highest BCUT2D eigenvalue weighted by molar-refractivity contribution is 5.95. The predicted molar refractivity (Wildman–Crippen MR) is 78.1 cm³/mol. The van der Waals surface area contributed by atoms with Crippen molar-refractivity contribution in [3.05, 3.63) is 18.2 Å². The van der Waals surface area contributed by atoms with Crippen molar-refractivity contribution in [2.24, 2.45) is 16.0 Å². The molecule has 21 heavy (non-hydrogen) atoms. The Bertz CT molecular complexity index is 678. The molecular weight excluding hydrogens is 274 g/mol. The fourth-order valence-corrected chi connectivity index (χ4v) is 1.78. The van der Waals surface area contributed by atoms with Gasteiger partial charge in [-0.2, -0.15) is 0 Å². The van der Waals surface area contributed by atoms with E-state index in [4.69, 9.17) is 10.5 Å². The van der Waals surface area contributed by atoms with Crippen molar-refractivity contribution < 1.29 is 14.6 Å². The standard InChI is InChI=1S/C13H17N5O3/c1-18(2)5-6-21-8-3-4-10-9(7-8)11(12(19)15-10)16-17-13(14)20/h3-4,7,15,19H,5-6H2,1-2H3,(H2,14,20). The summed E-state index contributed by atoms with van der Waals surface area (Å²) in [4.78, 5) is 15.4. The highest BCUT2D eigenvalue weighted by Crippen LogP contribution is 2.37. The number of ether oxygens (including phenoxy) is 1. The number of carbonyl (C=O) groups excluding carboxylic acids is 1. The lowest BCUT2D eigenvalue weighted by molar-refractivity contribution is 0.255. The van der Waals surface area contributed by atoms with Crippen LogP contribution in [0.5, 0.6) is 11.6 Å². The van der Waals surface area contributed by atoms with E-state index >= 15 is 0 Å². The summed E-state index contributed by atoms with van der Waals surface area (Å²) in [6.45, 7) is 1.32. The van der Waals surface area contributed by atoms with Crippen LogP contribution < -0.4 is 10.5 Å². The second kappa shape index (κ2) is 6.23. The third kappa shape index (κ3) is 3.69. The van der Waals surface area contributed by atoms with Gasteiger partial charge in [0.2, 0.25) is 5.88 Å². The number of amides is 2. The first-order chi connectivity index (χ1) is 9.97. The third-order valence-corrected chi connectivity index (χ3v) is 2.78. The van der Waals surface area contributed by atoms with Crippen LogP contribution in [0.25, 0.3) is 10.9 Å². The summed E-state index contributed by atoms with van der Waals surface area (Å²) in [5.74, 6) is 0.458. The minimum atomic E-state index is -0.929. The van der Waals surface area contributed by atoms with Gasteiger partial charge < -0.3 is 25.5 Å². The second-order valence-electron chi connectivity index (χ2n) is 4.72. The van der Waals surface area contributed by atoms with Gasteiger partial charge in [-0.15, -0.1) is 5.11 Å². The number of likely N-dealkylation sites (N-methyl/N-ethyl adjacent to an activating group) is 1. The van der Waals surface area contributed by atoms with Crippen molar-refractivity contribution in [1.29, 1.82) is 0 Å². The van der Waals surface area contributed by atoms with Crippen molar-refractivity contribution in [3.8, 4) is 11.6 Å². The van der Waals surface area contributed by atoms with E-state index in [9.17, 15) is 9.90 Å². The number of carbonyl (C=O) groups is 1. The number of nitrogens with two attached hydrogens (primary N) is 1. The number of urea groups is 1. The number of nitrogens with zero attached hydrogens (tertiary/aromatic N) is 3. The number of hydrogen-bond donors (Lipinski definition) is 3. The lowest BCUT2D eigenvalue weighted by Crippen LogP contribution is -2.19. The van der Waals surface area contributed by atoms with Gasteiger partial charge in [-0.05, 0) is 32.3 Å². The van der Waals surface area contributed by atoms with Crippen molar-refractivity contribution in [2.45, 2.75) is 0 Å². The maximum Gasteiger partial charge on any atom is 0.356 e. The molecule has 8 nitrogen and oxygen atoms in total. The highest BCUT2D eigenvalue weighted by Gasteiger charge is 2.11. The monoisotopic (exact) mass is 291 g/mol. The first-order valence-electron chi connectivity index (χ1n) is 6.31. The predicted octanol–water partition coefficient (Wildman–Crippen LogP) is 1.98. The molecule has 0 fully saturated rings. The zero-order chi connectivity index (χ0) is 15.4. The number of aromatic hydroxyl groups is 1. The molecule has 1 aromatic carbocycles. The number of rotatable bonds is 5. The largest absolute Gasteiger partial charge is 0.493 e. The van der Waals surface area contributed by atoms with Gasteiger partial charge in [0.15, 0.2) is 5.69 Å². The van der Waals surface area contributed by atoms with Gasteiger partial charge in [-0.1, -0.05) is 5.11 Å². The number of primary amides is 1. The van der Waals surface area contributed by atoms with Gasteiger partial charge in [0.1, 0.15) is 12.4 Å². The van der Waals surface area contributed by atoms with Crippen LogP contribution in [-0.4, -0.2) is 48.3 Å². The van der Waals surface area contributed by atoms with Crippen LogP contribution in [-0.2, 0) is 0 Å². The van der Waals surface area contributed by atoms with E-state index < -0.39 is 6.03 Å². The highest BCUT2D eigenvalue weighted by atomic mass is 16.5. The summed E-state index contributed by atoms with van der Waals surface area (Å²) in [7, 11) is 3.91. The van der Waals surface area contributed by atoms with Crippen LogP contribution >= 0.6 is 0 Å². The fraction of sp³-hybridized carbons (Fsp3) is 0.308. The Balaban J connectivity index is 2.28. The molecule has 1 heterocycles. The summed E-state index contributed by atoms with van der Waals surface area (Å²) in [6.07, 6.45) is 0. The molecule has 0 saturated carbocycles. The van der Waals surface area contributed by atoms with Crippen LogP contribution in [0.15, 0.2) is 28.4 Å². The maximum absolute atomic E-state index is 10.7. The Hall–Kier alpha value is -2.61. The molecule has 0 spiro atoms. The minimum absolute atomic E-state index is 0.154. The smallest absolute Gasteiger partial charge is 0.356 e. The molecule has 0 atom stereocenters. The zero-order valence-electron chi connectivity index (χ0n) is 11.8. The van der Waals surface area contributed by atoms with E-state index in [-0.39, 0.29) is 11.6 Å². The summed E-state index contributed by atoms with van der Waals surface area (Å²) < 4.78 is 5.61. The topological polar surface area (TPSA) is 116 Å². The lowest BCUT2D eigenvalue weighted by atomic mass is 10.2. The molecule has 0 unspecified atom stereocenters. The Morgan fingerprint density at radius 2 is 2.24 bits per heavy atom. The van der Waals surface area contributed by atoms with Gasteiger partial charge in [0, 0.05) is 11.9 Å². The van der Waals surface area contributed by atoms with Gasteiger partial charge in [-0.25, -0.2) is 4.79 Å². The first-order valence-corrected chi connectivity index (χ1v) is 6.31. The number of fused-ring (bicyclic) bond motifs is 1. The molecule has 2 aromatic rings. The molecule has 0 saturated heterocycles. The fourth-order valence-electron chi connectivity index (χ4n) is 1.78. The number of aromatic amines is 1. The van der Waals surface area contributed by atoms with E-state index in [2.05, 4.69) is 15.2 Å². The van der Waals surface area contributed by atoms with Crippen molar-refractivity contribution in [1.82, 2.24) is 9.88 Å². The Morgan fingerprint density at radius 1 is 1.48 bits per heavy atom. The van der Waals surface area contributed by atoms with E-state index in [0.717, 1.165) is 6.54 Å². The molecule has 112 valence electrons. The quantitative estimate of drug-likeness (QED) is 0.730. The number of H-pyrrole nitrogens is 1. The maximum atomic E-state index is 10.7. The normalized spacial score (nSPS) is 11.6. The summed E-state index contributed by atoms with van der Waals surface area (Å²) in [5.41, 5.74) is 5.72. The van der Waals surface area contributed by atoms with E-state index in [0.29, 0.717) is 23.3 Å². The molecule has 0 radical (unpaired) electrons. The molecule has 0 aliphatic rings. The number of azo groups is 1. The lowest BCUT2D eigenvalue weighted by Gasteiger charge is -2.10. The Morgan fingerprint density at radius 3 is 2.90 bits per heavy atom. The van der Waals surface area contributed by atoms with Gasteiger partial charge in [0.05, 0.1) is 5.52 Å². The second-order valence-corrected chi connectivity index (χ2v) is 4.72. The molecule has 4 N–H and O–H groups in total. The number of nitrogens with one attached hydrogen (secondary N) is 1. The molecule has 0 bridgehead atoms. The molecular formula is C13H17N5O3. The Kier molecular flexibility index (Phi) is 4.39. The molecule has 2 rings (SSSR count). The Labute approximate surface area is 121 Å². The average molecular weight is 291 g/mol. The number of hydrogen-bond acceptors (Lipinski definition) is 5. The van der Waals surface area contributed by atoms with Gasteiger partial charge in [0.25, 0.3) is 0 Å². The zero-order valence-corrected chi connectivity index (χ0v) is 11.8. The molecule has 8 heteroatoms. The molecule has 1 aromatic heterocycles. The van der Waals surface area contributed by atoms with Gasteiger partial charge >= 0.3 is 6.03 Å². The average Bonchev–Trinajstić information content (AvgIpc) is 2.71. The molecule has 0 aliphatic heterocycles. The van der Waals surface area contributed by atoms with Crippen LogP contribution in [0.3, 0.4) is 0 Å². The van der Waals surface area contributed by atoms with E-state index in [1.165, 1.54) is 0 Å². The van der Waals surface area contributed by atoms with Crippen LogP contribution in [0.2, 0.25) is 0 Å². The summed E-state index contributed by atoms with van der Waals surface area (Å²) in [6, 6.07) is 4.32.